The summed E-state index contributed by atoms with van der Waals surface area (Å²) < 4.78 is 0.727. The summed E-state index contributed by atoms with van der Waals surface area (Å²) in [5.74, 6) is 0.0853. The Labute approximate surface area is 131 Å². The molecule has 3 rings (SSSR count). The Morgan fingerprint density at radius 3 is 2.77 bits per heavy atom. The zero-order chi connectivity index (χ0) is 15.7. The number of fused-ring (bicyclic) bond motifs is 1. The molecule has 22 heavy (non-hydrogen) atoms. The molecule has 0 atom stereocenters. The number of nitro groups is 1. The van der Waals surface area contributed by atoms with E-state index in [0.29, 0.717) is 5.13 Å². The predicted molar refractivity (Wildman–Crippen MR) is 86.2 cm³/mol. The van der Waals surface area contributed by atoms with Crippen LogP contribution < -0.4 is 5.32 Å². The summed E-state index contributed by atoms with van der Waals surface area (Å²) in [5.41, 5.74) is 1.52. The average Bonchev–Trinajstić information content (AvgIpc) is 2.91. The number of aromatic nitrogens is 1. The second-order valence-electron chi connectivity index (χ2n) is 5.71. The van der Waals surface area contributed by atoms with Crippen LogP contribution in [0.3, 0.4) is 0 Å². The van der Waals surface area contributed by atoms with Gasteiger partial charge in [0.25, 0.3) is 5.69 Å². The molecule has 0 saturated heterocycles. The Kier molecular flexibility index (Phi) is 4.06. The fraction of sp³-hybridized carbons (Fsp3) is 0.467. The van der Waals surface area contributed by atoms with Crippen molar-refractivity contribution in [2.75, 3.05) is 5.32 Å². The van der Waals surface area contributed by atoms with Gasteiger partial charge in [0.1, 0.15) is 0 Å². The Balaban J connectivity index is 1.84. The SMILES string of the molecule is Cc1cc([N+](=O)[O-])cc2sc(NC(=O)C3CCCCC3)nc12. The number of hydrogen-bond acceptors (Lipinski definition) is 5. The first kappa shape index (κ1) is 14.9. The van der Waals surface area contributed by atoms with Gasteiger partial charge in [0.2, 0.25) is 5.91 Å². The lowest BCUT2D eigenvalue weighted by Gasteiger charge is -2.19. The van der Waals surface area contributed by atoms with Crippen molar-refractivity contribution in [3.05, 3.63) is 27.8 Å². The lowest BCUT2D eigenvalue weighted by Crippen LogP contribution is -2.24. The summed E-state index contributed by atoms with van der Waals surface area (Å²) in [6.07, 6.45) is 5.27. The zero-order valence-electron chi connectivity index (χ0n) is 12.3. The van der Waals surface area contributed by atoms with E-state index in [-0.39, 0.29) is 17.5 Å². The van der Waals surface area contributed by atoms with Gasteiger partial charge in [0.15, 0.2) is 5.13 Å². The zero-order valence-corrected chi connectivity index (χ0v) is 13.1. The fourth-order valence-electron chi connectivity index (χ4n) is 2.91. The standard InChI is InChI=1S/C15H17N3O3S/c1-9-7-11(18(20)21)8-12-13(9)16-15(22-12)17-14(19)10-5-3-2-4-6-10/h7-8,10H,2-6H2,1H3,(H,16,17,19). The molecule has 1 aliphatic rings. The second-order valence-corrected chi connectivity index (χ2v) is 6.74. The smallest absolute Gasteiger partial charge is 0.271 e. The number of nitrogens with one attached hydrogen (secondary N) is 1. The third-order valence-electron chi connectivity index (χ3n) is 4.09. The number of anilines is 1. The monoisotopic (exact) mass is 319 g/mol. The van der Waals surface area contributed by atoms with Crippen LogP contribution in [-0.2, 0) is 4.79 Å². The first-order valence-corrected chi connectivity index (χ1v) is 8.22. The van der Waals surface area contributed by atoms with Crippen molar-refractivity contribution in [3.63, 3.8) is 0 Å². The van der Waals surface area contributed by atoms with Crippen molar-refractivity contribution in [2.45, 2.75) is 39.0 Å². The van der Waals surface area contributed by atoms with Crippen LogP contribution in [0.15, 0.2) is 12.1 Å². The van der Waals surface area contributed by atoms with Gasteiger partial charge in [-0.1, -0.05) is 30.6 Å². The van der Waals surface area contributed by atoms with Crippen molar-refractivity contribution >= 4 is 38.3 Å². The Morgan fingerprint density at radius 2 is 2.09 bits per heavy atom. The first-order chi connectivity index (χ1) is 10.5. The molecule has 0 spiro atoms. The van der Waals surface area contributed by atoms with E-state index in [9.17, 15) is 14.9 Å². The van der Waals surface area contributed by atoms with E-state index in [2.05, 4.69) is 10.3 Å². The number of carbonyl (C=O) groups excluding carboxylic acids is 1. The molecule has 1 N–H and O–H groups in total. The van der Waals surface area contributed by atoms with Gasteiger partial charge in [-0.25, -0.2) is 4.98 Å². The number of benzene rings is 1. The lowest BCUT2D eigenvalue weighted by molar-refractivity contribution is -0.384. The van der Waals surface area contributed by atoms with E-state index >= 15 is 0 Å². The van der Waals surface area contributed by atoms with Gasteiger partial charge in [-0.3, -0.25) is 14.9 Å². The molecule has 0 aliphatic heterocycles. The molecule has 1 aliphatic carbocycles. The summed E-state index contributed by atoms with van der Waals surface area (Å²) in [4.78, 5) is 27.2. The number of nitro benzene ring substituents is 1. The van der Waals surface area contributed by atoms with Crippen LogP contribution >= 0.6 is 11.3 Å². The van der Waals surface area contributed by atoms with Crippen molar-refractivity contribution < 1.29 is 9.72 Å². The summed E-state index contributed by atoms with van der Waals surface area (Å²) in [6, 6.07) is 3.02. The van der Waals surface area contributed by atoms with Crippen molar-refractivity contribution in [1.82, 2.24) is 4.98 Å². The van der Waals surface area contributed by atoms with Gasteiger partial charge in [-0.2, -0.15) is 0 Å². The van der Waals surface area contributed by atoms with Crippen LogP contribution in [0.2, 0.25) is 0 Å². The third-order valence-corrected chi connectivity index (χ3v) is 5.00. The molecule has 0 bridgehead atoms. The number of rotatable bonds is 3. The molecule has 1 saturated carbocycles. The number of aryl methyl sites for hydroxylation is 1. The molecule has 2 aromatic rings. The van der Waals surface area contributed by atoms with Crippen LogP contribution in [0.4, 0.5) is 10.8 Å². The van der Waals surface area contributed by atoms with Gasteiger partial charge < -0.3 is 5.32 Å². The molecule has 7 heteroatoms. The summed E-state index contributed by atoms with van der Waals surface area (Å²) >= 11 is 1.29. The van der Waals surface area contributed by atoms with E-state index < -0.39 is 4.92 Å². The second kappa shape index (κ2) is 6.00. The Bertz CT molecular complexity index is 735. The van der Waals surface area contributed by atoms with E-state index in [0.717, 1.165) is 41.5 Å². The summed E-state index contributed by atoms with van der Waals surface area (Å²) in [7, 11) is 0. The molecule has 1 aromatic heterocycles. The maximum absolute atomic E-state index is 12.3. The van der Waals surface area contributed by atoms with Gasteiger partial charge in [0.05, 0.1) is 15.1 Å². The maximum Gasteiger partial charge on any atom is 0.271 e. The quantitative estimate of drug-likeness (QED) is 0.683. The van der Waals surface area contributed by atoms with E-state index in [1.54, 1.807) is 6.92 Å². The number of nitrogens with zero attached hydrogens (tertiary/aromatic N) is 2. The number of hydrogen-bond donors (Lipinski definition) is 1. The molecule has 1 aromatic carbocycles. The molecule has 0 unspecified atom stereocenters. The van der Waals surface area contributed by atoms with E-state index in [1.165, 1.54) is 29.9 Å². The molecular formula is C15H17N3O3S. The first-order valence-electron chi connectivity index (χ1n) is 7.41. The van der Waals surface area contributed by atoms with Gasteiger partial charge >= 0.3 is 0 Å². The number of non-ortho nitro benzene ring substituents is 1. The predicted octanol–water partition coefficient (Wildman–Crippen LogP) is 4.03. The van der Waals surface area contributed by atoms with Crippen LogP contribution in [0.5, 0.6) is 0 Å². The number of amides is 1. The van der Waals surface area contributed by atoms with Crippen LogP contribution in [0, 0.1) is 23.0 Å². The normalized spacial score (nSPS) is 15.9. The lowest BCUT2D eigenvalue weighted by atomic mass is 9.89. The molecule has 0 radical (unpaired) electrons. The minimum Gasteiger partial charge on any atom is -0.302 e. The molecular weight excluding hydrogens is 302 g/mol. The van der Waals surface area contributed by atoms with Crippen LogP contribution in [0.1, 0.15) is 37.7 Å². The topological polar surface area (TPSA) is 85.1 Å². The maximum atomic E-state index is 12.3. The highest BCUT2D eigenvalue weighted by atomic mass is 32.1. The highest BCUT2D eigenvalue weighted by Gasteiger charge is 2.22. The molecule has 1 heterocycles. The third kappa shape index (κ3) is 2.94. The fourth-order valence-corrected chi connectivity index (χ4v) is 3.89. The highest BCUT2D eigenvalue weighted by molar-refractivity contribution is 7.22. The number of carbonyl (C=O) groups is 1. The Hall–Kier alpha value is -2.02. The van der Waals surface area contributed by atoms with Crippen molar-refractivity contribution in [1.29, 1.82) is 0 Å². The number of thiazole rings is 1. The summed E-state index contributed by atoms with van der Waals surface area (Å²) in [5, 5.41) is 14.3. The van der Waals surface area contributed by atoms with Crippen molar-refractivity contribution in [2.24, 2.45) is 5.92 Å². The summed E-state index contributed by atoms with van der Waals surface area (Å²) in [6.45, 7) is 1.79. The van der Waals surface area contributed by atoms with E-state index in [4.69, 9.17) is 0 Å². The van der Waals surface area contributed by atoms with E-state index in [1.807, 2.05) is 0 Å². The molecule has 116 valence electrons. The van der Waals surface area contributed by atoms with Crippen LogP contribution in [0.25, 0.3) is 10.2 Å². The van der Waals surface area contributed by atoms with Gasteiger partial charge in [0, 0.05) is 18.1 Å². The van der Waals surface area contributed by atoms with Crippen molar-refractivity contribution in [3.8, 4) is 0 Å². The molecule has 1 fully saturated rings. The molecule has 6 nitrogen and oxygen atoms in total. The van der Waals surface area contributed by atoms with Gasteiger partial charge in [-0.15, -0.1) is 0 Å². The van der Waals surface area contributed by atoms with Gasteiger partial charge in [-0.05, 0) is 25.3 Å². The average molecular weight is 319 g/mol. The molecule has 1 amide bonds. The minimum absolute atomic E-state index is 0.0194. The highest BCUT2D eigenvalue weighted by Crippen LogP contribution is 2.32. The largest absolute Gasteiger partial charge is 0.302 e. The van der Waals surface area contributed by atoms with Crippen LogP contribution in [-0.4, -0.2) is 15.8 Å². The Morgan fingerprint density at radius 1 is 1.36 bits per heavy atom. The minimum atomic E-state index is -0.410.